The second-order valence-electron chi connectivity index (χ2n) is 4.10. The summed E-state index contributed by atoms with van der Waals surface area (Å²) in [5.74, 6) is 0.869. The van der Waals surface area contributed by atoms with Gasteiger partial charge in [-0.15, -0.1) is 0 Å². The molecule has 1 aromatic rings. The van der Waals surface area contributed by atoms with Crippen molar-refractivity contribution >= 4 is 0 Å². The predicted molar refractivity (Wildman–Crippen MR) is 52.4 cm³/mol. The molecule has 2 atom stereocenters. The average molecular weight is 179 g/mol. The van der Waals surface area contributed by atoms with Crippen LogP contribution in [0.4, 0.5) is 0 Å². The molecule has 2 unspecified atom stereocenters. The van der Waals surface area contributed by atoms with E-state index in [1.807, 2.05) is 17.9 Å². The van der Waals surface area contributed by atoms with Crippen molar-refractivity contribution in [3.63, 3.8) is 0 Å². The molecule has 1 aliphatic rings. The van der Waals surface area contributed by atoms with Gasteiger partial charge in [0.25, 0.3) is 0 Å². The lowest BCUT2D eigenvalue weighted by molar-refractivity contribution is 0.603. The maximum absolute atomic E-state index is 4.21. The minimum absolute atomic E-state index is 0.745. The summed E-state index contributed by atoms with van der Waals surface area (Å²) in [6.45, 7) is 5.35. The molecule has 1 saturated carbocycles. The van der Waals surface area contributed by atoms with E-state index in [2.05, 4.69) is 24.3 Å². The Kier molecular flexibility index (Phi) is 2.12. The van der Waals surface area contributed by atoms with E-state index in [-0.39, 0.29) is 0 Å². The molecular weight excluding hydrogens is 162 g/mol. The molecular formula is C10H17N3. The molecule has 1 aliphatic carbocycles. The summed E-state index contributed by atoms with van der Waals surface area (Å²) in [5.41, 5.74) is 2.59. The highest BCUT2D eigenvalue weighted by Crippen LogP contribution is 2.29. The van der Waals surface area contributed by atoms with Gasteiger partial charge in [-0.1, -0.05) is 6.92 Å². The van der Waals surface area contributed by atoms with Crippen molar-refractivity contribution in [1.29, 1.82) is 0 Å². The quantitative estimate of drug-likeness (QED) is 0.756. The third kappa shape index (κ3) is 1.75. The molecule has 0 bridgehead atoms. The third-order valence-electron chi connectivity index (χ3n) is 2.91. The van der Waals surface area contributed by atoms with Crippen molar-refractivity contribution in [2.24, 2.45) is 13.0 Å². The van der Waals surface area contributed by atoms with E-state index in [1.54, 1.807) is 0 Å². The lowest BCUT2D eigenvalue weighted by atomic mass is 10.3. The van der Waals surface area contributed by atoms with Crippen LogP contribution in [0.2, 0.25) is 0 Å². The number of nitrogens with zero attached hydrogens (tertiary/aromatic N) is 2. The molecule has 1 heterocycles. The summed E-state index contributed by atoms with van der Waals surface area (Å²) in [5, 5.41) is 7.74. The van der Waals surface area contributed by atoms with Crippen LogP contribution in [0, 0.1) is 12.8 Å². The van der Waals surface area contributed by atoms with E-state index >= 15 is 0 Å². The Morgan fingerprint density at radius 2 is 2.38 bits per heavy atom. The van der Waals surface area contributed by atoms with Crippen LogP contribution >= 0.6 is 0 Å². The first kappa shape index (κ1) is 8.75. The summed E-state index contributed by atoms with van der Waals surface area (Å²) in [7, 11) is 2.00. The topological polar surface area (TPSA) is 29.9 Å². The van der Waals surface area contributed by atoms with Crippen LogP contribution < -0.4 is 5.32 Å². The van der Waals surface area contributed by atoms with E-state index in [9.17, 15) is 0 Å². The number of hydrogen-bond acceptors (Lipinski definition) is 2. The Balaban J connectivity index is 1.93. The van der Waals surface area contributed by atoms with E-state index in [1.165, 1.54) is 17.7 Å². The lowest BCUT2D eigenvalue weighted by Crippen LogP contribution is -2.19. The van der Waals surface area contributed by atoms with Gasteiger partial charge in [-0.2, -0.15) is 5.10 Å². The SMILES string of the molecule is Cc1cnn(C)c1CNC1CC1C. The number of nitrogens with one attached hydrogen (secondary N) is 1. The fourth-order valence-electron chi connectivity index (χ4n) is 1.66. The second-order valence-corrected chi connectivity index (χ2v) is 4.10. The van der Waals surface area contributed by atoms with Crippen molar-refractivity contribution in [2.75, 3.05) is 0 Å². The zero-order valence-electron chi connectivity index (χ0n) is 8.54. The fraction of sp³-hybridized carbons (Fsp3) is 0.700. The Morgan fingerprint density at radius 1 is 1.69 bits per heavy atom. The van der Waals surface area contributed by atoms with Gasteiger partial charge in [0.1, 0.15) is 0 Å². The predicted octanol–water partition coefficient (Wildman–Crippen LogP) is 1.23. The Bertz CT molecular complexity index is 284. The molecule has 0 aliphatic heterocycles. The minimum atomic E-state index is 0.745. The van der Waals surface area contributed by atoms with Crippen molar-refractivity contribution < 1.29 is 0 Å². The zero-order chi connectivity index (χ0) is 9.42. The normalized spacial score (nSPS) is 26.4. The molecule has 0 spiro atoms. The van der Waals surface area contributed by atoms with Crippen molar-refractivity contribution in [1.82, 2.24) is 15.1 Å². The van der Waals surface area contributed by atoms with Crippen LogP contribution in [-0.4, -0.2) is 15.8 Å². The van der Waals surface area contributed by atoms with Crippen molar-refractivity contribution in [2.45, 2.75) is 32.9 Å². The first-order chi connectivity index (χ1) is 6.18. The smallest absolute Gasteiger partial charge is 0.0547 e. The lowest BCUT2D eigenvalue weighted by Gasteiger charge is -2.05. The van der Waals surface area contributed by atoms with E-state index in [4.69, 9.17) is 0 Å². The van der Waals surface area contributed by atoms with Gasteiger partial charge in [-0.25, -0.2) is 0 Å². The van der Waals surface area contributed by atoms with Gasteiger partial charge in [0.2, 0.25) is 0 Å². The molecule has 72 valence electrons. The van der Waals surface area contributed by atoms with Crippen LogP contribution in [0.3, 0.4) is 0 Å². The van der Waals surface area contributed by atoms with Gasteiger partial charge >= 0.3 is 0 Å². The Labute approximate surface area is 79.1 Å². The average Bonchev–Trinajstić information content (AvgIpc) is 2.69. The maximum Gasteiger partial charge on any atom is 0.0547 e. The molecule has 3 heteroatoms. The van der Waals surface area contributed by atoms with E-state index in [0.29, 0.717) is 0 Å². The van der Waals surface area contributed by atoms with Crippen LogP contribution in [0.5, 0.6) is 0 Å². The summed E-state index contributed by atoms with van der Waals surface area (Å²) in [4.78, 5) is 0. The zero-order valence-corrected chi connectivity index (χ0v) is 8.54. The molecule has 0 amide bonds. The van der Waals surface area contributed by atoms with Gasteiger partial charge in [0.05, 0.1) is 11.9 Å². The van der Waals surface area contributed by atoms with Crippen LogP contribution in [0.25, 0.3) is 0 Å². The van der Waals surface area contributed by atoms with Gasteiger partial charge in [-0.05, 0) is 24.8 Å². The number of aryl methyl sites for hydroxylation is 2. The molecule has 1 aromatic heterocycles. The van der Waals surface area contributed by atoms with E-state index < -0.39 is 0 Å². The largest absolute Gasteiger partial charge is 0.308 e. The van der Waals surface area contributed by atoms with Crippen molar-refractivity contribution in [3.05, 3.63) is 17.5 Å². The molecule has 3 nitrogen and oxygen atoms in total. The highest BCUT2D eigenvalue weighted by atomic mass is 15.3. The molecule has 0 aromatic carbocycles. The highest BCUT2D eigenvalue weighted by molar-refractivity contribution is 5.15. The Hall–Kier alpha value is -0.830. The summed E-state index contributed by atoms with van der Waals surface area (Å²) in [6, 6.07) is 0.745. The molecule has 1 fully saturated rings. The van der Waals surface area contributed by atoms with Gasteiger partial charge in [-0.3, -0.25) is 4.68 Å². The van der Waals surface area contributed by atoms with Gasteiger partial charge in [0.15, 0.2) is 0 Å². The molecule has 2 rings (SSSR count). The summed E-state index contributed by atoms with van der Waals surface area (Å²) in [6.07, 6.45) is 3.25. The standard InChI is InChI=1S/C10H17N3/c1-7-4-9(7)11-6-10-8(2)5-12-13(10)3/h5,7,9,11H,4,6H2,1-3H3. The molecule has 1 N–H and O–H groups in total. The van der Waals surface area contributed by atoms with E-state index in [0.717, 1.165) is 18.5 Å². The number of rotatable bonds is 3. The molecule has 0 saturated heterocycles. The third-order valence-corrected chi connectivity index (χ3v) is 2.91. The highest BCUT2D eigenvalue weighted by Gasteiger charge is 2.31. The monoisotopic (exact) mass is 179 g/mol. The second kappa shape index (κ2) is 3.14. The van der Waals surface area contributed by atoms with Crippen LogP contribution in [0.15, 0.2) is 6.20 Å². The first-order valence-corrected chi connectivity index (χ1v) is 4.89. The van der Waals surface area contributed by atoms with Gasteiger partial charge in [0, 0.05) is 19.6 Å². The molecule has 13 heavy (non-hydrogen) atoms. The number of aromatic nitrogens is 2. The van der Waals surface area contributed by atoms with Crippen LogP contribution in [-0.2, 0) is 13.6 Å². The van der Waals surface area contributed by atoms with Crippen LogP contribution in [0.1, 0.15) is 24.6 Å². The maximum atomic E-state index is 4.21. The molecule has 0 radical (unpaired) electrons. The number of hydrogen-bond donors (Lipinski definition) is 1. The minimum Gasteiger partial charge on any atom is -0.308 e. The Morgan fingerprint density at radius 3 is 2.85 bits per heavy atom. The first-order valence-electron chi connectivity index (χ1n) is 4.89. The van der Waals surface area contributed by atoms with Gasteiger partial charge < -0.3 is 5.32 Å². The summed E-state index contributed by atoms with van der Waals surface area (Å²) < 4.78 is 1.95. The van der Waals surface area contributed by atoms with Crippen molar-refractivity contribution in [3.8, 4) is 0 Å². The fourth-order valence-corrected chi connectivity index (χ4v) is 1.66. The summed E-state index contributed by atoms with van der Waals surface area (Å²) >= 11 is 0.